The van der Waals surface area contributed by atoms with Gasteiger partial charge in [-0.2, -0.15) is 0 Å². The van der Waals surface area contributed by atoms with E-state index in [0.717, 1.165) is 38.4 Å². The van der Waals surface area contributed by atoms with Gasteiger partial charge in [-0.25, -0.2) is 0 Å². The molecule has 3 heterocycles. The van der Waals surface area contributed by atoms with Crippen molar-refractivity contribution in [3.63, 3.8) is 0 Å². The van der Waals surface area contributed by atoms with Crippen molar-refractivity contribution >= 4 is 10.9 Å². The van der Waals surface area contributed by atoms with Crippen LogP contribution in [0.3, 0.4) is 0 Å². The van der Waals surface area contributed by atoms with Crippen LogP contribution >= 0.6 is 0 Å². The fourth-order valence-electron chi connectivity index (χ4n) is 4.29. The molecule has 0 spiro atoms. The van der Waals surface area contributed by atoms with E-state index in [2.05, 4.69) is 46.0 Å². The van der Waals surface area contributed by atoms with Crippen molar-refractivity contribution in [1.29, 1.82) is 0 Å². The molecule has 1 unspecified atom stereocenters. The molecule has 4 rings (SSSR count). The van der Waals surface area contributed by atoms with Crippen LogP contribution in [0.1, 0.15) is 30.4 Å². The highest BCUT2D eigenvalue weighted by molar-refractivity contribution is 5.83. The van der Waals surface area contributed by atoms with E-state index in [0.29, 0.717) is 6.04 Å². The number of morpholine rings is 1. The van der Waals surface area contributed by atoms with Gasteiger partial charge in [0.1, 0.15) is 0 Å². The largest absolute Gasteiger partial charge is 0.379 e. The third-order valence-corrected chi connectivity index (χ3v) is 5.81. The van der Waals surface area contributed by atoms with Crippen LogP contribution in [0.4, 0.5) is 0 Å². The SMILES string of the molecule is Cc1ccc2ncccc2c1CN1CCCCC1CN1CCOCC1. The van der Waals surface area contributed by atoms with E-state index in [1.165, 1.54) is 48.9 Å². The number of nitrogens with zero attached hydrogens (tertiary/aromatic N) is 3. The first-order chi connectivity index (χ1) is 12.3. The number of piperidine rings is 1. The van der Waals surface area contributed by atoms with Gasteiger partial charge in [-0.3, -0.25) is 14.8 Å². The maximum atomic E-state index is 5.51. The van der Waals surface area contributed by atoms with Crippen LogP contribution in [0.25, 0.3) is 10.9 Å². The predicted octanol–water partition coefficient (Wildman–Crippen LogP) is 3.23. The van der Waals surface area contributed by atoms with E-state index in [9.17, 15) is 0 Å². The summed E-state index contributed by atoms with van der Waals surface area (Å²) in [4.78, 5) is 9.85. The maximum absolute atomic E-state index is 5.51. The Morgan fingerprint density at radius 1 is 1.12 bits per heavy atom. The molecule has 2 saturated heterocycles. The zero-order valence-electron chi connectivity index (χ0n) is 15.3. The smallest absolute Gasteiger partial charge is 0.0705 e. The molecule has 134 valence electrons. The number of likely N-dealkylation sites (tertiary alicyclic amines) is 1. The highest BCUT2D eigenvalue weighted by Gasteiger charge is 2.26. The van der Waals surface area contributed by atoms with Gasteiger partial charge in [0.05, 0.1) is 18.7 Å². The van der Waals surface area contributed by atoms with Crippen molar-refractivity contribution in [2.24, 2.45) is 0 Å². The first-order valence-corrected chi connectivity index (χ1v) is 9.68. The third-order valence-electron chi connectivity index (χ3n) is 5.81. The number of benzene rings is 1. The summed E-state index contributed by atoms with van der Waals surface area (Å²) in [7, 11) is 0. The van der Waals surface area contributed by atoms with E-state index in [-0.39, 0.29) is 0 Å². The quantitative estimate of drug-likeness (QED) is 0.855. The van der Waals surface area contributed by atoms with Crippen molar-refractivity contribution in [2.75, 3.05) is 39.4 Å². The summed E-state index contributed by atoms with van der Waals surface area (Å²) in [6, 6.07) is 9.33. The van der Waals surface area contributed by atoms with E-state index in [4.69, 9.17) is 4.74 Å². The van der Waals surface area contributed by atoms with E-state index in [1.807, 2.05) is 6.20 Å². The van der Waals surface area contributed by atoms with Gasteiger partial charge < -0.3 is 4.74 Å². The van der Waals surface area contributed by atoms with E-state index < -0.39 is 0 Å². The van der Waals surface area contributed by atoms with Gasteiger partial charge in [0.15, 0.2) is 0 Å². The number of aromatic nitrogens is 1. The van der Waals surface area contributed by atoms with Crippen molar-refractivity contribution in [2.45, 2.75) is 38.8 Å². The molecule has 2 aromatic rings. The van der Waals surface area contributed by atoms with E-state index >= 15 is 0 Å². The molecule has 1 aromatic heterocycles. The lowest BCUT2D eigenvalue weighted by atomic mass is 9.97. The zero-order valence-corrected chi connectivity index (χ0v) is 15.3. The van der Waals surface area contributed by atoms with Crippen LogP contribution in [-0.2, 0) is 11.3 Å². The summed E-state index contributed by atoms with van der Waals surface area (Å²) < 4.78 is 5.51. The first kappa shape index (κ1) is 17.0. The Kier molecular flexibility index (Phi) is 5.30. The number of pyridine rings is 1. The minimum absolute atomic E-state index is 0.665. The van der Waals surface area contributed by atoms with Crippen LogP contribution in [0, 0.1) is 6.92 Å². The Hall–Kier alpha value is -1.49. The van der Waals surface area contributed by atoms with Crippen molar-refractivity contribution in [3.05, 3.63) is 41.6 Å². The molecule has 4 heteroatoms. The third kappa shape index (κ3) is 3.86. The molecule has 0 radical (unpaired) electrons. The molecule has 0 bridgehead atoms. The molecule has 25 heavy (non-hydrogen) atoms. The van der Waals surface area contributed by atoms with Gasteiger partial charge in [-0.15, -0.1) is 0 Å². The summed E-state index contributed by atoms with van der Waals surface area (Å²) in [6.07, 6.45) is 5.90. The number of hydrogen-bond acceptors (Lipinski definition) is 4. The lowest BCUT2D eigenvalue weighted by Crippen LogP contribution is -2.49. The Morgan fingerprint density at radius 3 is 2.88 bits per heavy atom. The summed E-state index contributed by atoms with van der Waals surface area (Å²) in [5.41, 5.74) is 3.96. The van der Waals surface area contributed by atoms with Crippen LogP contribution in [-0.4, -0.2) is 60.2 Å². The minimum atomic E-state index is 0.665. The van der Waals surface area contributed by atoms with Gasteiger partial charge in [0.25, 0.3) is 0 Å². The molecular weight excluding hydrogens is 310 g/mol. The Morgan fingerprint density at radius 2 is 2.00 bits per heavy atom. The van der Waals surface area contributed by atoms with Crippen molar-refractivity contribution in [3.8, 4) is 0 Å². The number of rotatable bonds is 4. The Balaban J connectivity index is 1.54. The highest BCUT2D eigenvalue weighted by atomic mass is 16.5. The fraction of sp³-hybridized carbons (Fsp3) is 0.571. The Bertz CT molecular complexity index is 711. The highest BCUT2D eigenvalue weighted by Crippen LogP contribution is 2.26. The molecule has 2 aliphatic heterocycles. The van der Waals surface area contributed by atoms with E-state index in [1.54, 1.807) is 0 Å². The topological polar surface area (TPSA) is 28.6 Å². The lowest BCUT2D eigenvalue weighted by Gasteiger charge is -2.40. The molecule has 0 aliphatic carbocycles. The molecule has 4 nitrogen and oxygen atoms in total. The Labute approximate surface area is 150 Å². The van der Waals surface area contributed by atoms with Gasteiger partial charge in [-0.1, -0.05) is 18.6 Å². The molecular formula is C21H29N3O. The van der Waals surface area contributed by atoms with Crippen LogP contribution in [0.5, 0.6) is 0 Å². The predicted molar refractivity (Wildman–Crippen MR) is 102 cm³/mol. The molecule has 1 atom stereocenters. The number of fused-ring (bicyclic) bond motifs is 1. The second-order valence-corrected chi connectivity index (χ2v) is 7.46. The zero-order chi connectivity index (χ0) is 17.1. The van der Waals surface area contributed by atoms with Gasteiger partial charge in [0.2, 0.25) is 0 Å². The maximum Gasteiger partial charge on any atom is 0.0705 e. The monoisotopic (exact) mass is 339 g/mol. The summed E-state index contributed by atoms with van der Waals surface area (Å²) in [5, 5.41) is 1.32. The summed E-state index contributed by atoms with van der Waals surface area (Å²) in [5.74, 6) is 0. The minimum Gasteiger partial charge on any atom is -0.379 e. The number of ether oxygens (including phenoxy) is 1. The van der Waals surface area contributed by atoms with Crippen molar-refractivity contribution in [1.82, 2.24) is 14.8 Å². The van der Waals surface area contributed by atoms with Crippen LogP contribution in [0.15, 0.2) is 30.5 Å². The van der Waals surface area contributed by atoms with Crippen LogP contribution < -0.4 is 0 Å². The summed E-state index contributed by atoms with van der Waals surface area (Å²) >= 11 is 0. The number of aryl methyl sites for hydroxylation is 1. The molecule has 0 amide bonds. The molecule has 1 aromatic carbocycles. The van der Waals surface area contributed by atoms with Gasteiger partial charge in [-0.05, 0) is 49.6 Å². The normalized spacial score (nSPS) is 23.2. The second-order valence-electron chi connectivity index (χ2n) is 7.46. The van der Waals surface area contributed by atoms with Gasteiger partial charge in [0, 0.05) is 43.8 Å². The second kappa shape index (κ2) is 7.81. The molecule has 0 N–H and O–H groups in total. The molecule has 0 saturated carbocycles. The van der Waals surface area contributed by atoms with Crippen molar-refractivity contribution < 1.29 is 4.74 Å². The van der Waals surface area contributed by atoms with Crippen LogP contribution in [0.2, 0.25) is 0 Å². The molecule has 2 fully saturated rings. The van der Waals surface area contributed by atoms with Gasteiger partial charge >= 0.3 is 0 Å². The standard InChI is InChI=1S/C21H29N3O/c1-17-7-8-21-19(6-4-9-22-21)20(17)16-24-10-3-2-5-18(24)15-23-11-13-25-14-12-23/h4,6-9,18H,2-3,5,10-16H2,1H3. The average molecular weight is 339 g/mol. The average Bonchev–Trinajstić information content (AvgIpc) is 2.66. The lowest BCUT2D eigenvalue weighted by molar-refractivity contribution is 0.0153. The molecule has 2 aliphatic rings. The number of hydrogen-bond donors (Lipinski definition) is 0. The fourth-order valence-corrected chi connectivity index (χ4v) is 4.29. The summed E-state index contributed by atoms with van der Waals surface area (Å²) in [6.45, 7) is 9.63. The first-order valence-electron chi connectivity index (χ1n) is 9.68.